The molecule has 0 atom stereocenters. The van der Waals surface area contributed by atoms with Gasteiger partial charge in [-0.05, 0) is 82.1 Å². The number of phenols is 1. The van der Waals surface area contributed by atoms with E-state index in [2.05, 4.69) is 31.9 Å². The second-order valence-corrected chi connectivity index (χ2v) is 6.53. The molecular weight excluding hydrogens is 478 g/mol. The van der Waals surface area contributed by atoms with Gasteiger partial charge in [-0.1, -0.05) is 0 Å². The SMILES string of the molecule is CCOC(COc1ccc(F)cc1Br)OCC.Oc1ccc(F)cc1Br. The summed E-state index contributed by atoms with van der Waals surface area (Å²) in [7, 11) is 0. The van der Waals surface area contributed by atoms with Crippen LogP contribution in [0.4, 0.5) is 8.78 Å². The molecule has 2 aromatic carbocycles. The standard InChI is InChI=1S/C12H16BrFO3.C6H4BrFO/c1-3-15-12(16-4-2)8-17-11-6-5-9(14)7-10(11)13;7-5-3-4(8)1-2-6(5)9/h5-7,12H,3-4,8H2,1-2H3;1-3,9H. The zero-order chi connectivity index (χ0) is 19.5. The number of aromatic hydroxyl groups is 1. The quantitative estimate of drug-likeness (QED) is 0.501. The van der Waals surface area contributed by atoms with Crippen LogP contribution in [0.5, 0.6) is 11.5 Å². The number of benzene rings is 2. The molecule has 1 N–H and O–H groups in total. The maximum atomic E-state index is 12.9. The largest absolute Gasteiger partial charge is 0.507 e. The minimum Gasteiger partial charge on any atom is -0.507 e. The highest BCUT2D eigenvalue weighted by Crippen LogP contribution is 2.25. The molecule has 0 fully saturated rings. The lowest BCUT2D eigenvalue weighted by atomic mass is 10.3. The predicted molar refractivity (Wildman–Crippen MR) is 102 cm³/mol. The Morgan fingerprint density at radius 3 is 1.92 bits per heavy atom. The van der Waals surface area contributed by atoms with E-state index >= 15 is 0 Å². The van der Waals surface area contributed by atoms with Crippen molar-refractivity contribution < 1.29 is 28.1 Å². The molecule has 0 amide bonds. The van der Waals surface area contributed by atoms with Gasteiger partial charge in [-0.3, -0.25) is 0 Å². The molecule has 144 valence electrons. The first-order valence-corrected chi connectivity index (χ1v) is 9.41. The van der Waals surface area contributed by atoms with Gasteiger partial charge in [-0.25, -0.2) is 8.78 Å². The van der Waals surface area contributed by atoms with Crippen molar-refractivity contribution in [2.75, 3.05) is 19.8 Å². The average molecular weight is 498 g/mol. The van der Waals surface area contributed by atoms with E-state index in [1.165, 1.54) is 30.3 Å². The van der Waals surface area contributed by atoms with Gasteiger partial charge in [0, 0.05) is 13.2 Å². The van der Waals surface area contributed by atoms with Crippen LogP contribution in [-0.4, -0.2) is 31.2 Å². The van der Waals surface area contributed by atoms with E-state index in [9.17, 15) is 8.78 Å². The van der Waals surface area contributed by atoms with Crippen molar-refractivity contribution in [1.82, 2.24) is 0 Å². The van der Waals surface area contributed by atoms with E-state index < -0.39 is 6.29 Å². The third-order valence-electron chi connectivity index (χ3n) is 2.88. The molecule has 26 heavy (non-hydrogen) atoms. The highest BCUT2D eigenvalue weighted by atomic mass is 79.9. The van der Waals surface area contributed by atoms with Crippen molar-refractivity contribution in [3.8, 4) is 11.5 Å². The summed E-state index contributed by atoms with van der Waals surface area (Å²) in [4.78, 5) is 0. The highest BCUT2D eigenvalue weighted by Gasteiger charge is 2.10. The molecular formula is C18H20Br2F2O4. The Hall–Kier alpha value is -1.22. The zero-order valence-corrected chi connectivity index (χ0v) is 17.5. The summed E-state index contributed by atoms with van der Waals surface area (Å²) in [6, 6.07) is 7.95. The summed E-state index contributed by atoms with van der Waals surface area (Å²) in [5, 5.41) is 8.83. The first-order chi connectivity index (χ1) is 12.4. The highest BCUT2D eigenvalue weighted by molar-refractivity contribution is 9.10. The molecule has 0 saturated carbocycles. The molecule has 0 spiro atoms. The first kappa shape index (κ1) is 22.8. The van der Waals surface area contributed by atoms with Gasteiger partial charge >= 0.3 is 0 Å². The van der Waals surface area contributed by atoms with Gasteiger partial charge in [-0.2, -0.15) is 0 Å². The molecule has 0 aliphatic carbocycles. The molecule has 0 radical (unpaired) electrons. The molecule has 8 heteroatoms. The van der Waals surface area contributed by atoms with E-state index in [1.54, 1.807) is 6.07 Å². The van der Waals surface area contributed by atoms with Crippen LogP contribution in [0.25, 0.3) is 0 Å². The summed E-state index contributed by atoms with van der Waals surface area (Å²) in [6.45, 7) is 5.16. The molecule has 0 saturated heterocycles. The van der Waals surface area contributed by atoms with E-state index in [4.69, 9.17) is 19.3 Å². The summed E-state index contributed by atoms with van der Waals surface area (Å²) >= 11 is 6.18. The fraction of sp³-hybridized carbons (Fsp3) is 0.333. The fourth-order valence-electron chi connectivity index (χ4n) is 1.75. The predicted octanol–water partition coefficient (Wildman–Crippen LogP) is 5.66. The summed E-state index contributed by atoms with van der Waals surface area (Å²) in [5.41, 5.74) is 0. The van der Waals surface area contributed by atoms with Crippen LogP contribution in [0.3, 0.4) is 0 Å². The lowest BCUT2D eigenvalue weighted by molar-refractivity contribution is -0.152. The lowest BCUT2D eigenvalue weighted by Crippen LogP contribution is -2.25. The Morgan fingerprint density at radius 2 is 1.46 bits per heavy atom. The van der Waals surface area contributed by atoms with Crippen molar-refractivity contribution in [2.24, 2.45) is 0 Å². The topological polar surface area (TPSA) is 47.9 Å². The zero-order valence-electron chi connectivity index (χ0n) is 14.3. The van der Waals surface area contributed by atoms with Gasteiger partial charge in [0.25, 0.3) is 0 Å². The number of phenolic OH excluding ortho intramolecular Hbond substituents is 1. The van der Waals surface area contributed by atoms with Gasteiger partial charge in [0.2, 0.25) is 0 Å². The van der Waals surface area contributed by atoms with Crippen LogP contribution in [0.15, 0.2) is 45.3 Å². The number of rotatable bonds is 7. The van der Waals surface area contributed by atoms with Gasteiger partial charge in [0.1, 0.15) is 29.7 Å². The molecule has 0 bridgehead atoms. The van der Waals surface area contributed by atoms with Crippen LogP contribution in [0, 0.1) is 11.6 Å². The van der Waals surface area contributed by atoms with Gasteiger partial charge in [0.05, 0.1) is 8.95 Å². The molecule has 0 heterocycles. The first-order valence-electron chi connectivity index (χ1n) is 7.82. The molecule has 0 unspecified atom stereocenters. The van der Waals surface area contributed by atoms with Crippen molar-refractivity contribution in [3.05, 3.63) is 57.0 Å². The Labute approximate surface area is 168 Å². The molecule has 2 aromatic rings. The smallest absolute Gasteiger partial charge is 0.191 e. The van der Waals surface area contributed by atoms with Crippen LogP contribution >= 0.6 is 31.9 Å². The maximum Gasteiger partial charge on any atom is 0.191 e. The van der Waals surface area contributed by atoms with E-state index in [0.29, 0.717) is 27.9 Å². The monoisotopic (exact) mass is 496 g/mol. The van der Waals surface area contributed by atoms with Crippen molar-refractivity contribution in [1.29, 1.82) is 0 Å². The van der Waals surface area contributed by atoms with E-state index in [0.717, 1.165) is 0 Å². The Bertz CT molecular complexity index is 680. The molecule has 0 aliphatic rings. The van der Waals surface area contributed by atoms with Crippen molar-refractivity contribution >= 4 is 31.9 Å². The fourth-order valence-corrected chi connectivity index (χ4v) is 2.56. The van der Waals surface area contributed by atoms with Crippen molar-refractivity contribution in [2.45, 2.75) is 20.1 Å². The third kappa shape index (κ3) is 8.44. The van der Waals surface area contributed by atoms with Crippen LogP contribution in [-0.2, 0) is 9.47 Å². The minimum absolute atomic E-state index is 0.0522. The molecule has 0 aromatic heterocycles. The second kappa shape index (κ2) is 12.2. The van der Waals surface area contributed by atoms with Crippen LogP contribution in [0.2, 0.25) is 0 Å². The Morgan fingerprint density at radius 1 is 0.923 bits per heavy atom. The number of hydrogen-bond donors (Lipinski definition) is 1. The van der Waals surface area contributed by atoms with Gasteiger partial charge < -0.3 is 19.3 Å². The summed E-state index contributed by atoms with van der Waals surface area (Å²) < 4.78 is 42.2. The van der Waals surface area contributed by atoms with E-state index in [1.807, 2.05) is 13.8 Å². The Kier molecular flexibility index (Phi) is 10.7. The normalized spacial score (nSPS) is 10.4. The van der Waals surface area contributed by atoms with Crippen molar-refractivity contribution in [3.63, 3.8) is 0 Å². The Balaban J connectivity index is 0.000000314. The van der Waals surface area contributed by atoms with E-state index in [-0.39, 0.29) is 24.0 Å². The average Bonchev–Trinajstić information content (AvgIpc) is 2.58. The lowest BCUT2D eigenvalue weighted by Gasteiger charge is -2.17. The van der Waals surface area contributed by atoms with Gasteiger partial charge in [0.15, 0.2) is 6.29 Å². The minimum atomic E-state index is -0.401. The molecule has 4 nitrogen and oxygen atoms in total. The van der Waals surface area contributed by atoms with Gasteiger partial charge in [-0.15, -0.1) is 0 Å². The summed E-state index contributed by atoms with van der Waals surface area (Å²) in [6.07, 6.45) is -0.401. The molecule has 0 aliphatic heterocycles. The molecule has 2 rings (SSSR count). The summed E-state index contributed by atoms with van der Waals surface area (Å²) in [5.74, 6) is -0.0535. The maximum absolute atomic E-state index is 12.9. The van der Waals surface area contributed by atoms with Crippen LogP contribution < -0.4 is 4.74 Å². The third-order valence-corrected chi connectivity index (χ3v) is 4.14. The second-order valence-electron chi connectivity index (χ2n) is 4.82. The van der Waals surface area contributed by atoms with Crippen LogP contribution in [0.1, 0.15) is 13.8 Å². The number of halogens is 4. The number of ether oxygens (including phenoxy) is 3. The number of hydrogen-bond acceptors (Lipinski definition) is 4.